The molecule has 3 aromatic rings. The van der Waals surface area contributed by atoms with Gasteiger partial charge in [0.15, 0.2) is 5.72 Å². The maximum absolute atomic E-state index is 14.1. The molecule has 1 aliphatic heterocycles. The van der Waals surface area contributed by atoms with Crippen LogP contribution in [0.15, 0.2) is 60.8 Å². The fourth-order valence-corrected chi connectivity index (χ4v) is 5.50. The van der Waals surface area contributed by atoms with E-state index in [1.165, 1.54) is 0 Å². The van der Waals surface area contributed by atoms with Crippen LogP contribution in [-0.4, -0.2) is 72.4 Å². The Bertz CT molecular complexity index is 1330. The average Bonchev–Trinajstić information content (AvgIpc) is 3.19. The standard InChI is InChI=1S/C30H34Cl2N4O4/c1-29(39,20-35(14-4-16-37)15-13-33-2)22-7-12-27-26(17-22)28(38)36(19-25-11-10-24(32)18-34-25)30(27,40-3)21-5-8-23(31)9-6-21/h5-12,16-18,33,39H,4,13-15,19-20H2,1-3H3/t29?,30-/m1/s1. The molecule has 0 saturated heterocycles. The van der Waals surface area contributed by atoms with Crippen LogP contribution in [0.5, 0.6) is 0 Å². The summed E-state index contributed by atoms with van der Waals surface area (Å²) < 4.78 is 6.21. The fraction of sp³-hybridized carbons (Fsp3) is 0.367. The number of carbonyl (C=O) groups is 2. The molecule has 0 bridgehead atoms. The van der Waals surface area contributed by atoms with Crippen LogP contribution in [0.3, 0.4) is 0 Å². The van der Waals surface area contributed by atoms with E-state index >= 15 is 0 Å². The number of aromatic nitrogens is 1. The summed E-state index contributed by atoms with van der Waals surface area (Å²) in [6.45, 7) is 4.07. The predicted molar refractivity (Wildman–Crippen MR) is 155 cm³/mol. The summed E-state index contributed by atoms with van der Waals surface area (Å²) in [4.78, 5) is 33.2. The Morgan fingerprint density at radius 2 is 1.85 bits per heavy atom. The number of halogens is 2. The van der Waals surface area contributed by atoms with E-state index in [0.717, 1.165) is 11.8 Å². The third kappa shape index (κ3) is 6.07. The number of nitrogens with one attached hydrogen (secondary N) is 1. The molecule has 8 nitrogen and oxygen atoms in total. The molecule has 0 fully saturated rings. The monoisotopic (exact) mass is 584 g/mol. The van der Waals surface area contributed by atoms with E-state index in [1.54, 1.807) is 55.5 Å². The van der Waals surface area contributed by atoms with Gasteiger partial charge in [-0.1, -0.05) is 47.5 Å². The van der Waals surface area contributed by atoms with Crippen molar-refractivity contribution in [1.82, 2.24) is 20.1 Å². The molecule has 1 unspecified atom stereocenters. The van der Waals surface area contributed by atoms with Crippen molar-refractivity contribution >= 4 is 35.4 Å². The van der Waals surface area contributed by atoms with Gasteiger partial charge in [-0.3, -0.25) is 19.6 Å². The van der Waals surface area contributed by atoms with Crippen LogP contribution < -0.4 is 5.32 Å². The van der Waals surface area contributed by atoms with Crippen molar-refractivity contribution in [2.45, 2.75) is 31.2 Å². The lowest BCUT2D eigenvalue weighted by Crippen LogP contribution is -2.45. The molecule has 0 saturated carbocycles. The number of ether oxygens (including phenoxy) is 1. The number of nitrogens with zero attached hydrogens (tertiary/aromatic N) is 3. The van der Waals surface area contributed by atoms with Crippen molar-refractivity contribution in [3.63, 3.8) is 0 Å². The minimum atomic E-state index is -1.28. The number of methoxy groups -OCH3 is 1. The summed E-state index contributed by atoms with van der Waals surface area (Å²) >= 11 is 12.2. The van der Waals surface area contributed by atoms with Crippen LogP contribution in [0.4, 0.5) is 0 Å². The highest BCUT2D eigenvalue weighted by molar-refractivity contribution is 6.30. The largest absolute Gasteiger partial charge is 0.384 e. The maximum Gasteiger partial charge on any atom is 0.257 e. The van der Waals surface area contributed by atoms with Crippen molar-refractivity contribution in [3.8, 4) is 0 Å². The first-order valence-corrected chi connectivity index (χ1v) is 13.8. The van der Waals surface area contributed by atoms with Gasteiger partial charge in [-0.25, -0.2) is 0 Å². The molecule has 2 aromatic carbocycles. The normalized spacial score (nSPS) is 18.2. The van der Waals surface area contributed by atoms with Crippen LogP contribution in [0.25, 0.3) is 0 Å². The van der Waals surface area contributed by atoms with E-state index < -0.39 is 11.3 Å². The molecule has 1 amide bonds. The van der Waals surface area contributed by atoms with Gasteiger partial charge in [0.1, 0.15) is 6.29 Å². The van der Waals surface area contributed by atoms with Gasteiger partial charge in [0.05, 0.1) is 22.9 Å². The molecule has 212 valence electrons. The van der Waals surface area contributed by atoms with E-state index in [1.807, 2.05) is 36.2 Å². The van der Waals surface area contributed by atoms with Gasteiger partial charge in [-0.15, -0.1) is 0 Å². The lowest BCUT2D eigenvalue weighted by molar-refractivity contribution is -0.108. The SMILES string of the molecule is CNCCN(CCC=O)CC(C)(O)c1ccc2c(c1)C(=O)N(Cc1ccc(Cl)cn1)[C@@]2(OC)c1ccc(Cl)cc1. The second-order valence-corrected chi connectivity index (χ2v) is 11.0. The Balaban J connectivity index is 1.77. The summed E-state index contributed by atoms with van der Waals surface area (Å²) in [6.07, 6.45) is 2.79. The second kappa shape index (κ2) is 12.8. The summed E-state index contributed by atoms with van der Waals surface area (Å²) in [6, 6.07) is 16.1. The summed E-state index contributed by atoms with van der Waals surface area (Å²) in [7, 11) is 3.42. The van der Waals surface area contributed by atoms with E-state index in [9.17, 15) is 14.7 Å². The van der Waals surface area contributed by atoms with Crippen molar-refractivity contribution in [2.75, 3.05) is 40.3 Å². The highest BCUT2D eigenvalue weighted by Gasteiger charge is 2.52. The van der Waals surface area contributed by atoms with Crippen LogP contribution in [0.1, 0.15) is 46.1 Å². The molecule has 0 spiro atoms. The second-order valence-electron chi connectivity index (χ2n) is 10.1. The van der Waals surface area contributed by atoms with Gasteiger partial charge in [0.2, 0.25) is 0 Å². The van der Waals surface area contributed by atoms with Gasteiger partial charge >= 0.3 is 0 Å². The Morgan fingerprint density at radius 1 is 1.12 bits per heavy atom. The molecule has 2 heterocycles. The molecule has 1 aromatic heterocycles. The van der Waals surface area contributed by atoms with Crippen LogP contribution in [-0.2, 0) is 27.4 Å². The number of likely N-dealkylation sites (N-methyl/N-ethyl adjacent to an activating group) is 1. The quantitative estimate of drug-likeness (QED) is 0.290. The zero-order valence-electron chi connectivity index (χ0n) is 22.9. The average molecular weight is 586 g/mol. The lowest BCUT2D eigenvalue weighted by atomic mass is 9.88. The summed E-state index contributed by atoms with van der Waals surface area (Å²) in [5.41, 5.74) is 0.517. The number of benzene rings is 2. The number of rotatable bonds is 13. The Kier molecular flexibility index (Phi) is 9.61. The van der Waals surface area contributed by atoms with E-state index in [-0.39, 0.29) is 12.5 Å². The third-order valence-electron chi connectivity index (χ3n) is 7.27. The Morgan fingerprint density at radius 3 is 2.48 bits per heavy atom. The Hall–Kier alpha value is -2.85. The fourth-order valence-electron chi connectivity index (χ4n) is 5.26. The van der Waals surface area contributed by atoms with Gasteiger partial charge in [-0.05, 0) is 49.9 Å². The van der Waals surface area contributed by atoms with E-state index in [4.69, 9.17) is 27.9 Å². The molecule has 0 radical (unpaired) electrons. The predicted octanol–water partition coefficient (Wildman–Crippen LogP) is 4.21. The molecule has 1 aliphatic rings. The summed E-state index contributed by atoms with van der Waals surface area (Å²) in [5.74, 6) is -0.255. The number of amides is 1. The highest BCUT2D eigenvalue weighted by Crippen LogP contribution is 2.46. The Labute approximate surface area is 244 Å². The third-order valence-corrected chi connectivity index (χ3v) is 7.75. The number of hydrogen-bond acceptors (Lipinski definition) is 7. The molecule has 0 aliphatic carbocycles. The van der Waals surface area contributed by atoms with E-state index in [0.29, 0.717) is 65.0 Å². The van der Waals surface area contributed by atoms with Gasteiger partial charge in [0.25, 0.3) is 5.91 Å². The lowest BCUT2D eigenvalue weighted by Gasteiger charge is -2.38. The number of carbonyl (C=O) groups excluding carboxylic acids is 2. The first kappa shape index (κ1) is 30.1. The highest BCUT2D eigenvalue weighted by atomic mass is 35.5. The van der Waals surface area contributed by atoms with Crippen LogP contribution in [0.2, 0.25) is 10.0 Å². The summed E-state index contributed by atoms with van der Waals surface area (Å²) in [5, 5.41) is 15.8. The molecule has 4 rings (SSSR count). The topological polar surface area (TPSA) is 95.0 Å². The maximum atomic E-state index is 14.1. The van der Waals surface area contributed by atoms with Gasteiger partial charge in [0, 0.05) is 67.6 Å². The number of aliphatic hydroxyl groups is 1. The van der Waals surface area contributed by atoms with Crippen molar-refractivity contribution in [3.05, 3.63) is 98.8 Å². The first-order chi connectivity index (χ1) is 19.2. The number of fused-ring (bicyclic) bond motifs is 1. The smallest absolute Gasteiger partial charge is 0.257 e. The first-order valence-electron chi connectivity index (χ1n) is 13.1. The molecule has 2 atom stereocenters. The van der Waals surface area contributed by atoms with Gasteiger partial charge < -0.3 is 20.0 Å². The van der Waals surface area contributed by atoms with Crippen molar-refractivity contribution in [1.29, 1.82) is 0 Å². The minimum absolute atomic E-state index is 0.163. The number of hydrogen-bond donors (Lipinski definition) is 2. The molecular weight excluding hydrogens is 551 g/mol. The zero-order chi connectivity index (χ0) is 28.9. The minimum Gasteiger partial charge on any atom is -0.384 e. The van der Waals surface area contributed by atoms with Gasteiger partial charge in [-0.2, -0.15) is 0 Å². The molecule has 2 N–H and O–H groups in total. The molecule has 40 heavy (non-hydrogen) atoms. The number of pyridine rings is 1. The van der Waals surface area contributed by atoms with Crippen molar-refractivity contribution in [2.24, 2.45) is 0 Å². The van der Waals surface area contributed by atoms with Crippen molar-refractivity contribution < 1.29 is 19.4 Å². The van der Waals surface area contributed by atoms with E-state index in [2.05, 4.69) is 10.3 Å². The zero-order valence-corrected chi connectivity index (χ0v) is 24.4. The number of aldehydes is 1. The van der Waals surface area contributed by atoms with Crippen LogP contribution in [0, 0.1) is 0 Å². The molecular formula is C30H34Cl2N4O4. The van der Waals surface area contributed by atoms with Crippen LogP contribution >= 0.6 is 23.2 Å². The molecule has 10 heteroatoms.